The maximum Gasteiger partial charge on any atom is 0.221 e. The Morgan fingerprint density at radius 1 is 1.50 bits per heavy atom. The molecule has 0 aromatic heterocycles. The van der Waals surface area contributed by atoms with Gasteiger partial charge < -0.3 is 5.32 Å². The van der Waals surface area contributed by atoms with Crippen molar-refractivity contribution in [1.82, 2.24) is 5.32 Å². The van der Waals surface area contributed by atoms with Crippen LogP contribution in [-0.4, -0.2) is 11.9 Å². The summed E-state index contributed by atoms with van der Waals surface area (Å²) in [4.78, 5) is 11.4. The number of carbonyl (C=O) groups is 1. The van der Waals surface area contributed by atoms with Gasteiger partial charge in [-0.1, -0.05) is 39.5 Å². The van der Waals surface area contributed by atoms with Gasteiger partial charge in [0, 0.05) is 6.42 Å². The second-order valence-electron chi connectivity index (χ2n) is 3.79. The molecule has 2 unspecified atom stereocenters. The third-order valence-corrected chi connectivity index (χ3v) is 2.34. The van der Waals surface area contributed by atoms with Gasteiger partial charge in [-0.15, -0.1) is 6.42 Å². The highest BCUT2D eigenvalue weighted by Gasteiger charge is 2.10. The molecule has 0 fully saturated rings. The molecule has 0 aliphatic carbocycles. The van der Waals surface area contributed by atoms with Crippen LogP contribution in [0, 0.1) is 18.3 Å². The van der Waals surface area contributed by atoms with Crippen molar-refractivity contribution in [2.24, 2.45) is 5.92 Å². The fourth-order valence-electron chi connectivity index (χ4n) is 1.20. The standard InChI is InChI=1S/C12H21NO/c1-5-8-11(7-3)13-12(14)9-10(4)6-2/h3,10-11H,5-6,8-9H2,1-2,4H3,(H,13,14). The summed E-state index contributed by atoms with van der Waals surface area (Å²) in [5, 5.41) is 2.86. The molecule has 0 aromatic carbocycles. The Morgan fingerprint density at radius 3 is 2.57 bits per heavy atom. The van der Waals surface area contributed by atoms with E-state index in [1.807, 2.05) is 0 Å². The molecule has 0 aliphatic rings. The Kier molecular flexibility index (Phi) is 6.92. The third kappa shape index (κ3) is 5.64. The van der Waals surface area contributed by atoms with Gasteiger partial charge in [0.15, 0.2) is 0 Å². The first kappa shape index (κ1) is 13.0. The molecular formula is C12H21NO. The average Bonchev–Trinajstić information content (AvgIpc) is 2.16. The molecule has 0 rings (SSSR count). The highest BCUT2D eigenvalue weighted by Crippen LogP contribution is 2.06. The van der Waals surface area contributed by atoms with E-state index in [0.717, 1.165) is 19.3 Å². The van der Waals surface area contributed by atoms with Crippen molar-refractivity contribution in [2.45, 2.75) is 52.5 Å². The Balaban J connectivity index is 3.86. The van der Waals surface area contributed by atoms with E-state index >= 15 is 0 Å². The van der Waals surface area contributed by atoms with Gasteiger partial charge in [-0.3, -0.25) is 4.79 Å². The largest absolute Gasteiger partial charge is 0.342 e. The van der Waals surface area contributed by atoms with Crippen LogP contribution in [0.15, 0.2) is 0 Å². The number of amides is 1. The van der Waals surface area contributed by atoms with Crippen LogP contribution >= 0.6 is 0 Å². The van der Waals surface area contributed by atoms with Crippen molar-refractivity contribution in [3.05, 3.63) is 0 Å². The van der Waals surface area contributed by atoms with Crippen LogP contribution < -0.4 is 5.32 Å². The fraction of sp³-hybridized carbons (Fsp3) is 0.750. The molecule has 14 heavy (non-hydrogen) atoms. The lowest BCUT2D eigenvalue weighted by Crippen LogP contribution is -2.34. The Hall–Kier alpha value is -0.970. The van der Waals surface area contributed by atoms with E-state index in [-0.39, 0.29) is 11.9 Å². The highest BCUT2D eigenvalue weighted by atomic mass is 16.1. The molecule has 1 N–H and O–H groups in total. The van der Waals surface area contributed by atoms with Crippen LogP contribution in [0.5, 0.6) is 0 Å². The van der Waals surface area contributed by atoms with E-state index in [9.17, 15) is 4.79 Å². The average molecular weight is 195 g/mol. The number of terminal acetylenes is 1. The normalized spacial score (nSPS) is 14.1. The van der Waals surface area contributed by atoms with E-state index in [2.05, 4.69) is 32.0 Å². The minimum absolute atomic E-state index is 0.0794. The monoisotopic (exact) mass is 195 g/mol. The number of hydrogen-bond acceptors (Lipinski definition) is 1. The van der Waals surface area contributed by atoms with Gasteiger partial charge >= 0.3 is 0 Å². The molecule has 2 atom stereocenters. The van der Waals surface area contributed by atoms with E-state index < -0.39 is 0 Å². The zero-order valence-electron chi connectivity index (χ0n) is 9.47. The zero-order valence-corrected chi connectivity index (χ0v) is 9.47. The fourth-order valence-corrected chi connectivity index (χ4v) is 1.20. The lowest BCUT2D eigenvalue weighted by molar-refractivity contribution is -0.122. The zero-order chi connectivity index (χ0) is 11.0. The molecule has 80 valence electrons. The molecule has 0 heterocycles. The van der Waals surface area contributed by atoms with Crippen LogP contribution in [0.2, 0.25) is 0 Å². The third-order valence-electron chi connectivity index (χ3n) is 2.34. The first-order valence-electron chi connectivity index (χ1n) is 5.39. The minimum Gasteiger partial charge on any atom is -0.342 e. The minimum atomic E-state index is -0.0865. The van der Waals surface area contributed by atoms with Gasteiger partial charge in [-0.05, 0) is 12.3 Å². The summed E-state index contributed by atoms with van der Waals surface area (Å²) in [6.45, 7) is 6.22. The molecule has 0 saturated carbocycles. The molecule has 0 saturated heterocycles. The van der Waals surface area contributed by atoms with Crippen LogP contribution in [0.1, 0.15) is 46.5 Å². The van der Waals surface area contributed by atoms with Gasteiger partial charge in [0.2, 0.25) is 5.91 Å². The SMILES string of the molecule is C#CC(CCC)NC(=O)CC(C)CC. The van der Waals surface area contributed by atoms with Crippen molar-refractivity contribution in [3.63, 3.8) is 0 Å². The van der Waals surface area contributed by atoms with Gasteiger partial charge in [-0.25, -0.2) is 0 Å². The summed E-state index contributed by atoms with van der Waals surface area (Å²) in [7, 11) is 0. The molecule has 0 spiro atoms. The van der Waals surface area contributed by atoms with Gasteiger partial charge in [0.25, 0.3) is 0 Å². The molecule has 1 amide bonds. The van der Waals surface area contributed by atoms with Gasteiger partial charge in [0.05, 0.1) is 6.04 Å². The topological polar surface area (TPSA) is 29.1 Å². The molecule has 0 bridgehead atoms. The van der Waals surface area contributed by atoms with Crippen LogP contribution in [-0.2, 0) is 4.79 Å². The van der Waals surface area contributed by atoms with Crippen molar-refractivity contribution >= 4 is 5.91 Å². The first-order valence-corrected chi connectivity index (χ1v) is 5.39. The van der Waals surface area contributed by atoms with E-state index in [1.165, 1.54) is 0 Å². The Labute approximate surface area is 87.5 Å². The smallest absolute Gasteiger partial charge is 0.221 e. The van der Waals surface area contributed by atoms with Crippen molar-refractivity contribution in [2.75, 3.05) is 0 Å². The molecule has 2 nitrogen and oxygen atoms in total. The summed E-state index contributed by atoms with van der Waals surface area (Å²) < 4.78 is 0. The maximum absolute atomic E-state index is 11.4. The number of rotatable bonds is 6. The number of carbonyl (C=O) groups excluding carboxylic acids is 1. The lowest BCUT2D eigenvalue weighted by Gasteiger charge is -2.13. The summed E-state index contributed by atoms with van der Waals surface area (Å²) >= 11 is 0. The first-order chi connectivity index (χ1) is 6.63. The molecular weight excluding hydrogens is 174 g/mol. The van der Waals surface area contributed by atoms with Crippen molar-refractivity contribution < 1.29 is 4.79 Å². The molecule has 0 aliphatic heterocycles. The maximum atomic E-state index is 11.4. The van der Waals surface area contributed by atoms with Crippen molar-refractivity contribution in [3.8, 4) is 12.3 Å². The van der Waals surface area contributed by atoms with Crippen molar-refractivity contribution in [1.29, 1.82) is 0 Å². The Morgan fingerprint density at radius 2 is 2.14 bits per heavy atom. The highest BCUT2D eigenvalue weighted by molar-refractivity contribution is 5.76. The van der Waals surface area contributed by atoms with Gasteiger partial charge in [0.1, 0.15) is 0 Å². The van der Waals surface area contributed by atoms with Gasteiger partial charge in [-0.2, -0.15) is 0 Å². The molecule has 0 aromatic rings. The predicted molar refractivity (Wildman–Crippen MR) is 59.7 cm³/mol. The second-order valence-corrected chi connectivity index (χ2v) is 3.79. The number of nitrogens with one attached hydrogen (secondary N) is 1. The summed E-state index contributed by atoms with van der Waals surface area (Å²) in [6.07, 6.45) is 8.78. The van der Waals surface area contributed by atoms with Crippen LogP contribution in [0.4, 0.5) is 0 Å². The molecule has 2 heteroatoms. The predicted octanol–water partition coefficient (Wildman–Crippen LogP) is 2.34. The lowest BCUT2D eigenvalue weighted by atomic mass is 10.0. The Bertz CT molecular complexity index is 205. The van der Waals surface area contributed by atoms with E-state index in [4.69, 9.17) is 6.42 Å². The van der Waals surface area contributed by atoms with Crippen LogP contribution in [0.3, 0.4) is 0 Å². The van der Waals surface area contributed by atoms with E-state index in [1.54, 1.807) is 0 Å². The second kappa shape index (κ2) is 7.44. The van der Waals surface area contributed by atoms with E-state index in [0.29, 0.717) is 12.3 Å². The molecule has 0 radical (unpaired) electrons. The number of hydrogen-bond donors (Lipinski definition) is 1. The summed E-state index contributed by atoms with van der Waals surface area (Å²) in [5.41, 5.74) is 0. The summed E-state index contributed by atoms with van der Waals surface area (Å²) in [6, 6.07) is -0.0865. The summed E-state index contributed by atoms with van der Waals surface area (Å²) in [5.74, 6) is 3.11. The van der Waals surface area contributed by atoms with Crippen LogP contribution in [0.25, 0.3) is 0 Å². The quantitative estimate of drug-likeness (QED) is 0.648.